The van der Waals surface area contributed by atoms with E-state index in [2.05, 4.69) is 5.32 Å². The molecular formula is C27H22ClFN2O5S. The molecule has 1 fully saturated rings. The monoisotopic (exact) mass is 540 g/mol. The molecule has 0 bridgehead atoms. The van der Waals surface area contributed by atoms with Crippen LogP contribution in [0.1, 0.15) is 18.1 Å². The second-order valence-corrected chi connectivity index (χ2v) is 9.26. The molecule has 190 valence electrons. The number of carbonyl (C=O) groups is 3. The zero-order valence-electron chi connectivity index (χ0n) is 19.7. The van der Waals surface area contributed by atoms with E-state index in [4.69, 9.17) is 21.1 Å². The van der Waals surface area contributed by atoms with Gasteiger partial charge >= 0.3 is 0 Å². The molecule has 1 heterocycles. The summed E-state index contributed by atoms with van der Waals surface area (Å²) in [6.07, 6.45) is 1.51. The molecule has 3 amide bonds. The third-order valence-electron chi connectivity index (χ3n) is 5.16. The molecule has 37 heavy (non-hydrogen) atoms. The van der Waals surface area contributed by atoms with E-state index in [1.165, 1.54) is 18.2 Å². The quantitative estimate of drug-likeness (QED) is 0.329. The minimum absolute atomic E-state index is 0.142. The van der Waals surface area contributed by atoms with Gasteiger partial charge < -0.3 is 14.8 Å². The van der Waals surface area contributed by atoms with E-state index in [-0.39, 0.29) is 22.4 Å². The molecular weight excluding hydrogens is 519 g/mol. The summed E-state index contributed by atoms with van der Waals surface area (Å²) >= 11 is 7.21. The number of nitrogens with zero attached hydrogens (tertiary/aromatic N) is 1. The maximum Gasteiger partial charge on any atom is 0.294 e. The van der Waals surface area contributed by atoms with Gasteiger partial charge in [-0.3, -0.25) is 19.3 Å². The van der Waals surface area contributed by atoms with Crippen molar-refractivity contribution < 1.29 is 28.2 Å². The summed E-state index contributed by atoms with van der Waals surface area (Å²) < 4.78 is 24.7. The number of hydrogen-bond donors (Lipinski definition) is 1. The average Bonchev–Trinajstić information content (AvgIpc) is 3.12. The molecule has 4 rings (SSSR count). The molecule has 10 heteroatoms. The first kappa shape index (κ1) is 26.2. The molecule has 0 aliphatic carbocycles. The Balaban J connectivity index is 1.49. The van der Waals surface area contributed by atoms with Crippen LogP contribution in [-0.4, -0.2) is 35.1 Å². The van der Waals surface area contributed by atoms with Crippen LogP contribution in [0.25, 0.3) is 6.08 Å². The summed E-state index contributed by atoms with van der Waals surface area (Å²) in [6, 6.07) is 17.9. The van der Waals surface area contributed by atoms with Crippen molar-refractivity contribution in [3.05, 3.63) is 93.6 Å². The van der Waals surface area contributed by atoms with Gasteiger partial charge in [0, 0.05) is 5.69 Å². The highest BCUT2D eigenvalue weighted by atomic mass is 35.5. The van der Waals surface area contributed by atoms with Gasteiger partial charge in [-0.25, -0.2) is 4.39 Å². The van der Waals surface area contributed by atoms with E-state index in [1.807, 2.05) is 6.07 Å². The van der Waals surface area contributed by atoms with E-state index in [0.717, 1.165) is 22.2 Å². The second-order valence-electron chi connectivity index (χ2n) is 7.86. The highest BCUT2D eigenvalue weighted by molar-refractivity contribution is 8.18. The standard InChI is InChI=1S/C27H22ClFN2O5S/c1-2-35-22-13-18(12-21(28)25(22)36-16-17-8-10-19(29)11-9-17)14-23-26(33)31(27(34)37-23)15-24(32)30-20-6-4-3-5-7-20/h3-14H,2,15-16H2,1H3,(H,30,32)/b23-14-. The number of nitrogens with one attached hydrogen (secondary N) is 1. The van der Waals surface area contributed by atoms with Gasteiger partial charge in [0.05, 0.1) is 16.5 Å². The maximum absolute atomic E-state index is 13.2. The van der Waals surface area contributed by atoms with Crippen LogP contribution in [0.4, 0.5) is 14.9 Å². The first-order chi connectivity index (χ1) is 17.8. The SMILES string of the molecule is CCOc1cc(/C=C2\SC(=O)N(CC(=O)Nc3ccccc3)C2=O)cc(Cl)c1OCc1ccc(F)cc1. The Hall–Kier alpha value is -3.82. The molecule has 7 nitrogen and oxygen atoms in total. The van der Waals surface area contributed by atoms with Gasteiger partial charge in [0.1, 0.15) is 19.0 Å². The van der Waals surface area contributed by atoms with Crippen molar-refractivity contribution in [2.75, 3.05) is 18.5 Å². The molecule has 1 N–H and O–H groups in total. The lowest BCUT2D eigenvalue weighted by molar-refractivity contribution is -0.127. The summed E-state index contributed by atoms with van der Waals surface area (Å²) in [7, 11) is 0. The topological polar surface area (TPSA) is 84.9 Å². The maximum atomic E-state index is 13.2. The number of ether oxygens (including phenoxy) is 2. The Morgan fingerprint density at radius 3 is 2.51 bits per heavy atom. The molecule has 3 aromatic carbocycles. The first-order valence-electron chi connectivity index (χ1n) is 11.3. The van der Waals surface area contributed by atoms with E-state index in [1.54, 1.807) is 55.5 Å². The van der Waals surface area contributed by atoms with Crippen molar-refractivity contribution >= 4 is 52.2 Å². The van der Waals surface area contributed by atoms with Crippen molar-refractivity contribution in [3.8, 4) is 11.5 Å². The van der Waals surface area contributed by atoms with Gasteiger partial charge in [-0.2, -0.15) is 0 Å². The highest BCUT2D eigenvalue weighted by Gasteiger charge is 2.36. The minimum Gasteiger partial charge on any atom is -0.490 e. The third kappa shape index (κ3) is 6.69. The van der Waals surface area contributed by atoms with Crippen molar-refractivity contribution in [3.63, 3.8) is 0 Å². The van der Waals surface area contributed by atoms with E-state index in [0.29, 0.717) is 29.4 Å². The van der Waals surface area contributed by atoms with Gasteiger partial charge in [0.2, 0.25) is 5.91 Å². The highest BCUT2D eigenvalue weighted by Crippen LogP contribution is 2.39. The molecule has 0 spiro atoms. The molecule has 0 radical (unpaired) electrons. The number of anilines is 1. The lowest BCUT2D eigenvalue weighted by Gasteiger charge is -2.15. The van der Waals surface area contributed by atoms with Crippen molar-refractivity contribution in [1.82, 2.24) is 4.90 Å². The summed E-state index contributed by atoms with van der Waals surface area (Å²) in [5, 5.41) is 2.35. The second kappa shape index (κ2) is 11.9. The number of amides is 3. The Morgan fingerprint density at radius 1 is 1.08 bits per heavy atom. The van der Waals surface area contributed by atoms with Crippen LogP contribution in [0.5, 0.6) is 11.5 Å². The Kier molecular flexibility index (Phi) is 8.47. The third-order valence-corrected chi connectivity index (χ3v) is 6.35. The zero-order valence-corrected chi connectivity index (χ0v) is 21.3. The van der Waals surface area contributed by atoms with Crippen LogP contribution in [0.3, 0.4) is 0 Å². The predicted octanol–water partition coefficient (Wildman–Crippen LogP) is 6.13. The van der Waals surface area contributed by atoms with Gasteiger partial charge in [-0.1, -0.05) is 41.9 Å². The van der Waals surface area contributed by atoms with Crippen LogP contribution in [0.2, 0.25) is 5.02 Å². The Bertz CT molecular complexity index is 1350. The molecule has 0 saturated carbocycles. The number of benzene rings is 3. The lowest BCUT2D eigenvalue weighted by atomic mass is 10.1. The normalized spacial score (nSPS) is 14.2. The van der Waals surface area contributed by atoms with Crippen LogP contribution < -0.4 is 14.8 Å². The van der Waals surface area contributed by atoms with Crippen LogP contribution in [0.15, 0.2) is 71.6 Å². The van der Waals surface area contributed by atoms with Gasteiger partial charge in [-0.05, 0) is 72.3 Å². The lowest BCUT2D eigenvalue weighted by Crippen LogP contribution is -2.36. The molecule has 0 atom stereocenters. The fraction of sp³-hybridized carbons (Fsp3) is 0.148. The molecule has 1 aliphatic rings. The fourth-order valence-electron chi connectivity index (χ4n) is 3.46. The number of carbonyl (C=O) groups excluding carboxylic acids is 3. The summed E-state index contributed by atoms with van der Waals surface area (Å²) in [4.78, 5) is 38.7. The molecule has 3 aromatic rings. The molecule has 0 unspecified atom stereocenters. The number of hydrogen-bond acceptors (Lipinski definition) is 6. The van der Waals surface area contributed by atoms with Crippen molar-refractivity contribution in [2.45, 2.75) is 13.5 Å². The van der Waals surface area contributed by atoms with Crippen molar-refractivity contribution in [1.29, 1.82) is 0 Å². The summed E-state index contributed by atoms with van der Waals surface area (Å²) in [6.45, 7) is 1.87. The van der Waals surface area contributed by atoms with Crippen LogP contribution in [-0.2, 0) is 16.2 Å². The molecule has 1 aliphatic heterocycles. The van der Waals surface area contributed by atoms with Crippen LogP contribution >= 0.6 is 23.4 Å². The number of thioether (sulfide) groups is 1. The zero-order chi connectivity index (χ0) is 26.4. The van der Waals surface area contributed by atoms with E-state index >= 15 is 0 Å². The smallest absolute Gasteiger partial charge is 0.294 e. The number of halogens is 2. The first-order valence-corrected chi connectivity index (χ1v) is 12.5. The predicted molar refractivity (Wildman–Crippen MR) is 141 cm³/mol. The summed E-state index contributed by atoms with van der Waals surface area (Å²) in [5.74, 6) is -0.758. The van der Waals surface area contributed by atoms with Gasteiger partial charge in [0.25, 0.3) is 11.1 Å². The van der Waals surface area contributed by atoms with E-state index in [9.17, 15) is 18.8 Å². The summed E-state index contributed by atoms with van der Waals surface area (Å²) in [5.41, 5.74) is 1.82. The van der Waals surface area contributed by atoms with Crippen LogP contribution in [0, 0.1) is 5.82 Å². The van der Waals surface area contributed by atoms with E-state index < -0.39 is 23.6 Å². The largest absolute Gasteiger partial charge is 0.490 e. The minimum atomic E-state index is -0.580. The number of imide groups is 1. The Morgan fingerprint density at radius 2 is 1.81 bits per heavy atom. The molecule has 0 aromatic heterocycles. The van der Waals surface area contributed by atoms with Gasteiger partial charge in [0.15, 0.2) is 11.5 Å². The number of para-hydroxylation sites is 1. The fourth-order valence-corrected chi connectivity index (χ4v) is 4.58. The average molecular weight is 541 g/mol. The molecule has 1 saturated heterocycles. The Labute approximate surface area is 222 Å². The number of rotatable bonds is 9. The van der Waals surface area contributed by atoms with Gasteiger partial charge in [-0.15, -0.1) is 0 Å². The van der Waals surface area contributed by atoms with Crippen molar-refractivity contribution in [2.24, 2.45) is 0 Å².